The quantitative estimate of drug-likeness (QED) is 0.0399. The minimum absolute atomic E-state index is 0. The summed E-state index contributed by atoms with van der Waals surface area (Å²) in [5.41, 5.74) is 0. The van der Waals surface area contributed by atoms with Gasteiger partial charge in [0.25, 0.3) is 0 Å². The summed E-state index contributed by atoms with van der Waals surface area (Å²) in [7, 11) is -32.5. The second kappa shape index (κ2) is 25.2. The van der Waals surface area contributed by atoms with E-state index in [1.807, 2.05) is 0 Å². The Morgan fingerprint density at radius 2 is 0.865 bits per heavy atom. The van der Waals surface area contributed by atoms with E-state index < -0.39 is 210 Å². The molecule has 74 heavy (non-hydrogen) atoms. The van der Waals surface area contributed by atoms with Crippen molar-refractivity contribution in [1.29, 1.82) is 0 Å². The summed E-state index contributed by atoms with van der Waals surface area (Å²) in [5, 5.41) is 65.0. The Labute approximate surface area is 416 Å². The number of rotatable bonds is 24. The molecule has 0 amide bonds. The Balaban J connectivity index is 0.0000144. The molecule has 4 aliphatic heterocycles. The molecule has 4 fully saturated rings. The van der Waals surface area contributed by atoms with Gasteiger partial charge in [0.05, 0.1) is 13.2 Å². The SMILES string of the molecule is CO[C@@H]1OC(COS(=O)(=O)O)[C@H](O[C@@H]2OC(C(=O)O)[C@H](O[C@@H]3OC(COS(=O)(=O)O)[C@H](O[C@@H]4OC(C(=O)O)[C@H](OC)[C@H](O)[C@@H]4OS(=O)(=O)O)[C@H](O)[C@@H]3NS(=O)(=O)O)[C@H](O)[C@@H]2O)[C@H](OS(=O)(=O)O)[C@@H]1NS(=O)(=O)O.N. The van der Waals surface area contributed by atoms with Gasteiger partial charge in [0.15, 0.2) is 43.5 Å². The van der Waals surface area contributed by atoms with Gasteiger partial charge in [0, 0.05) is 14.2 Å². The molecule has 0 bridgehead atoms. The van der Waals surface area contributed by atoms with Crippen molar-refractivity contribution in [1.82, 2.24) is 15.6 Å². The Bertz CT molecular complexity index is 2620. The van der Waals surface area contributed by atoms with Gasteiger partial charge in [0.1, 0.15) is 79.2 Å². The molecule has 4 aliphatic rings. The smallest absolute Gasteiger partial charge is 0.397 e. The largest absolute Gasteiger partial charge is 0.479 e. The number of aliphatic hydroxyl groups excluding tert-OH is 4. The summed E-state index contributed by atoms with van der Waals surface area (Å²) >= 11 is 0. The maximum absolute atomic E-state index is 12.7. The number of carbonyl (C=O) groups is 2. The van der Waals surface area contributed by atoms with Crippen molar-refractivity contribution < 1.29 is 177 Å². The molecule has 4 heterocycles. The molecule has 4 unspecified atom stereocenters. The van der Waals surface area contributed by atoms with Crippen LogP contribution in [0, 0.1) is 0 Å². The van der Waals surface area contributed by atoms with Gasteiger partial charge < -0.3 is 79.4 Å². The lowest BCUT2D eigenvalue weighted by Crippen LogP contribution is -2.70. The van der Waals surface area contributed by atoms with Gasteiger partial charge in [-0.1, -0.05) is 0 Å². The Hall–Kier alpha value is -2.40. The molecule has 4 saturated heterocycles. The van der Waals surface area contributed by atoms with Crippen LogP contribution in [-0.2, 0) is 131 Å². The number of hydrogen-bond donors (Lipinski definition) is 15. The van der Waals surface area contributed by atoms with E-state index in [1.165, 1.54) is 9.44 Å². The Kier molecular flexibility index (Phi) is 22.4. The zero-order valence-corrected chi connectivity index (χ0v) is 41.4. The predicted octanol–water partition coefficient (Wildman–Crippen LogP) is -9.99. The second-order valence-electron chi connectivity index (χ2n) is 15.0. The lowest BCUT2D eigenvalue weighted by atomic mass is 9.94. The van der Waals surface area contributed by atoms with Crippen molar-refractivity contribution >= 4 is 74.1 Å². The van der Waals surface area contributed by atoms with Crippen molar-refractivity contribution in [2.45, 2.75) is 123 Å². The maximum Gasteiger partial charge on any atom is 0.397 e. The zero-order valence-electron chi connectivity index (χ0n) is 36.5. The van der Waals surface area contributed by atoms with Crippen molar-refractivity contribution in [2.75, 3.05) is 27.4 Å². The second-order valence-corrected chi connectivity index (χ2v) is 21.6. The third kappa shape index (κ3) is 18.4. The van der Waals surface area contributed by atoms with E-state index in [9.17, 15) is 118 Å². The van der Waals surface area contributed by atoms with E-state index in [4.69, 9.17) is 42.6 Å². The number of methoxy groups -OCH3 is 2. The lowest BCUT2D eigenvalue weighted by molar-refractivity contribution is -0.369. The first-order valence-corrected chi connectivity index (χ1v) is 27.3. The molecule has 42 nitrogen and oxygen atoms in total. The summed E-state index contributed by atoms with van der Waals surface area (Å²) in [4.78, 5) is 24.8. The molecule has 4 rings (SSSR count). The van der Waals surface area contributed by atoms with E-state index in [0.29, 0.717) is 0 Å². The highest BCUT2D eigenvalue weighted by atomic mass is 32.3. The number of carboxylic acids is 2. The minimum Gasteiger partial charge on any atom is -0.479 e. The fourth-order valence-electron chi connectivity index (χ4n) is 7.30. The minimum atomic E-state index is -5.87. The van der Waals surface area contributed by atoms with Crippen LogP contribution in [-0.4, -0.2) is 271 Å². The zero-order chi connectivity index (χ0) is 55.7. The summed E-state index contributed by atoms with van der Waals surface area (Å²) < 4.78 is 266. The molecule has 0 aromatic rings. The molecule has 0 radical (unpaired) electrons. The molecule has 0 aromatic heterocycles. The van der Waals surface area contributed by atoms with E-state index in [0.717, 1.165) is 14.2 Å². The van der Waals surface area contributed by atoms with Crippen LogP contribution in [0.15, 0.2) is 0 Å². The first-order valence-electron chi connectivity index (χ1n) is 19.0. The molecular weight excluding hydrogens is 1170 g/mol. The molecule has 0 aromatic carbocycles. The van der Waals surface area contributed by atoms with E-state index in [2.05, 4.69) is 16.7 Å². The summed E-state index contributed by atoms with van der Waals surface area (Å²) in [5.74, 6) is -4.30. The van der Waals surface area contributed by atoms with Gasteiger partial charge in [-0.05, 0) is 0 Å². The molecule has 48 heteroatoms. The molecule has 436 valence electrons. The number of aliphatic carboxylic acids is 2. The van der Waals surface area contributed by atoms with Crippen LogP contribution in [0.25, 0.3) is 0 Å². The summed E-state index contributed by atoms with van der Waals surface area (Å²) in [6.45, 7) is -3.22. The van der Waals surface area contributed by atoms with Gasteiger partial charge in [-0.2, -0.15) is 60.0 Å². The topological polar surface area (TPSA) is 661 Å². The molecule has 0 spiro atoms. The average molecular weight is 1220 g/mol. The van der Waals surface area contributed by atoms with Crippen LogP contribution < -0.4 is 15.6 Å². The van der Waals surface area contributed by atoms with Crippen LogP contribution in [0.1, 0.15) is 0 Å². The normalized spacial score (nSPS) is 37.9. The van der Waals surface area contributed by atoms with E-state index >= 15 is 0 Å². The Morgan fingerprint density at radius 3 is 1.31 bits per heavy atom. The average Bonchev–Trinajstić information content (AvgIpc) is 3.21. The van der Waals surface area contributed by atoms with Crippen molar-refractivity contribution in [2.24, 2.45) is 0 Å². The molecule has 20 atom stereocenters. The first kappa shape index (κ1) is 65.9. The fourth-order valence-corrected chi connectivity index (χ4v) is 10.1. The standard InChI is InChI=1S/C26H44N2O39S6.H3N/c1-55-16-12(32)18(67-73(52,53)54)26(65-19(16)21(33)34)61-13-5(3-57-70(43,44)45)60-24(7(9(13)29)27-68(37,38)39)63-17-10(30)11(31)25(64-20(17)22(35)36)62-14-6(4-58-71(46,47)48)59-23(56-2)8(28-69(40,41)42)15(14)66-72(49,50)51;/h5-20,23-32H,3-4H2,1-2H3,(H,33,34)(H,35,36)(H,37,38,39)(H,40,41,42)(H,43,44,45)(H,46,47,48)(H,49,50,51)(H,52,53,54);1H3/t5?,6?,7-,8-,9+,10+,11-,12-,13-,14-,15+,16+,17+,18-,19?,20?,23+,24-,25+,26+;/m0./s1. The summed E-state index contributed by atoms with van der Waals surface area (Å²) in [6.07, 6.45) is -47.4. The van der Waals surface area contributed by atoms with Crippen LogP contribution in [0.3, 0.4) is 0 Å². The number of aliphatic hydroxyl groups is 4. The highest BCUT2D eigenvalue weighted by Gasteiger charge is 2.59. The first-order chi connectivity index (χ1) is 33.1. The molecular formula is C26H47N3O39S6. The highest BCUT2D eigenvalue weighted by molar-refractivity contribution is 7.84. The molecule has 0 aliphatic carbocycles. The third-order valence-corrected chi connectivity index (χ3v) is 13.0. The van der Waals surface area contributed by atoms with Crippen LogP contribution in [0.5, 0.6) is 0 Å². The van der Waals surface area contributed by atoms with Gasteiger partial charge >= 0.3 is 74.1 Å². The monoisotopic (exact) mass is 1220 g/mol. The van der Waals surface area contributed by atoms with Crippen LogP contribution >= 0.6 is 0 Å². The summed E-state index contributed by atoms with van der Waals surface area (Å²) in [6, 6.07) is -5.20. The lowest BCUT2D eigenvalue weighted by Gasteiger charge is -2.49. The van der Waals surface area contributed by atoms with Crippen LogP contribution in [0.2, 0.25) is 0 Å². The molecule has 0 saturated carbocycles. The van der Waals surface area contributed by atoms with Crippen molar-refractivity contribution in [3.8, 4) is 0 Å². The molecule has 17 N–H and O–H groups in total. The number of carboxylic acid groups (broad SMARTS) is 2. The number of nitrogens with one attached hydrogen (secondary N) is 2. The van der Waals surface area contributed by atoms with Crippen molar-refractivity contribution in [3.63, 3.8) is 0 Å². The van der Waals surface area contributed by atoms with E-state index in [-0.39, 0.29) is 6.15 Å². The van der Waals surface area contributed by atoms with Crippen molar-refractivity contribution in [3.05, 3.63) is 0 Å². The van der Waals surface area contributed by atoms with Gasteiger partial charge in [-0.25, -0.2) is 26.3 Å². The number of hydrogen-bond acceptors (Lipinski definition) is 32. The number of ether oxygens (including phenoxy) is 9. The highest BCUT2D eigenvalue weighted by Crippen LogP contribution is 2.37. The third-order valence-electron chi connectivity index (χ3n) is 10.0. The fraction of sp³-hybridized carbons (Fsp3) is 0.923. The maximum atomic E-state index is 12.7. The Morgan fingerprint density at radius 1 is 0.446 bits per heavy atom. The van der Waals surface area contributed by atoms with Gasteiger partial charge in [-0.15, -0.1) is 0 Å². The van der Waals surface area contributed by atoms with Crippen LogP contribution in [0.4, 0.5) is 0 Å². The van der Waals surface area contributed by atoms with Gasteiger partial charge in [-0.3, -0.25) is 27.3 Å². The van der Waals surface area contributed by atoms with Gasteiger partial charge in [0.2, 0.25) is 0 Å². The van der Waals surface area contributed by atoms with E-state index in [1.54, 1.807) is 0 Å². The predicted molar refractivity (Wildman–Crippen MR) is 216 cm³/mol.